The molecule has 65 heavy (non-hydrogen) atoms. The van der Waals surface area contributed by atoms with Gasteiger partial charge < -0.3 is 15.1 Å². The summed E-state index contributed by atoms with van der Waals surface area (Å²) in [5.41, 5.74) is 10.1. The number of pyridine rings is 2. The minimum Gasteiger partial charge on any atom is -0.512 e. The number of benzene rings is 5. The Bertz CT molecular complexity index is 2670. The Kier molecular flexibility index (Phi) is 19.0. The number of carbonyl (C=O) groups is 1. The molecule has 0 aliphatic rings. The summed E-state index contributed by atoms with van der Waals surface area (Å²) in [4.78, 5) is 21.1. The van der Waals surface area contributed by atoms with Crippen molar-refractivity contribution >= 4 is 45.8 Å². The van der Waals surface area contributed by atoms with Crippen LogP contribution in [0.4, 0.5) is 0 Å². The van der Waals surface area contributed by atoms with Crippen LogP contribution >= 0.6 is 0 Å². The second-order valence-electron chi connectivity index (χ2n) is 18.6. The van der Waals surface area contributed by atoms with Crippen LogP contribution in [0, 0.1) is 51.2 Å². The molecule has 0 saturated carbocycles. The molecule has 0 saturated heterocycles. The van der Waals surface area contributed by atoms with Gasteiger partial charge in [-0.05, 0) is 82.2 Å². The van der Waals surface area contributed by atoms with Crippen LogP contribution < -0.4 is 10.4 Å². The molecule has 7 aromatic rings. The molecule has 0 aliphatic carbocycles. The molecule has 0 unspecified atom stereocenters. The number of aliphatic hydroxyl groups is 1. The first-order valence-electron chi connectivity index (χ1n) is 23.2. The summed E-state index contributed by atoms with van der Waals surface area (Å²) in [5, 5.41) is 17.8. The molecule has 0 aliphatic heterocycles. The Balaban J connectivity index is 0.000000220. The van der Waals surface area contributed by atoms with Crippen molar-refractivity contribution in [3.63, 3.8) is 0 Å². The Labute approximate surface area is 405 Å². The van der Waals surface area contributed by atoms with Crippen LogP contribution in [-0.2, 0) is 24.9 Å². The fourth-order valence-corrected chi connectivity index (χ4v) is 10.7. The fourth-order valence-electron chi connectivity index (χ4n) is 8.35. The van der Waals surface area contributed by atoms with E-state index in [-0.39, 0.29) is 43.0 Å². The van der Waals surface area contributed by atoms with Crippen molar-refractivity contribution in [3.8, 4) is 22.5 Å². The summed E-state index contributed by atoms with van der Waals surface area (Å²) in [6.45, 7) is 27.8. The predicted molar refractivity (Wildman–Crippen MR) is 277 cm³/mol. The number of carbonyl (C=O) groups excluding carboxylic acids is 1. The molecule has 1 N–H and O–H groups in total. The van der Waals surface area contributed by atoms with Crippen LogP contribution in [0.3, 0.4) is 0 Å². The summed E-state index contributed by atoms with van der Waals surface area (Å²) in [6, 6.07) is 44.2. The summed E-state index contributed by atoms with van der Waals surface area (Å²) < 4.78 is 0. The van der Waals surface area contributed by atoms with E-state index in [0.29, 0.717) is 5.92 Å². The third kappa shape index (κ3) is 13.1. The Morgan fingerprint density at radius 2 is 1.17 bits per heavy atom. The van der Waals surface area contributed by atoms with E-state index >= 15 is 0 Å². The third-order valence-corrected chi connectivity index (χ3v) is 16.6. The van der Waals surface area contributed by atoms with Crippen LogP contribution in [0.25, 0.3) is 44.1 Å². The van der Waals surface area contributed by atoms with Gasteiger partial charge in [-0.15, -0.1) is 69.8 Å². The summed E-state index contributed by atoms with van der Waals surface area (Å²) >= 11 is 0. The first-order valence-corrected chi connectivity index (χ1v) is 26.2. The SMILES string of the molecule is CCC(CC)C(=O)/C=C(\O)C(C)(CC)CC.Cc1[c-]c(-c2nccc3cc(C(C)C)ccc23)cc(C)c1.Cc1[c-]c(-c2nccc3cc([Si](C)(C)c4ccccc4)ccc23)cc(C)c1.[Ir]. The van der Waals surface area contributed by atoms with Crippen molar-refractivity contribution in [2.24, 2.45) is 11.3 Å². The van der Waals surface area contributed by atoms with Crippen LogP contribution in [0.1, 0.15) is 108 Å². The first kappa shape index (κ1) is 52.6. The quantitative estimate of drug-likeness (QED) is 0.0573. The van der Waals surface area contributed by atoms with Gasteiger partial charge in [0, 0.05) is 49.9 Å². The van der Waals surface area contributed by atoms with Gasteiger partial charge in [-0.25, -0.2) is 0 Å². The number of allylic oxidation sites excluding steroid dienone is 2. The maximum Gasteiger partial charge on any atom is 0.162 e. The maximum absolute atomic E-state index is 11.9. The second kappa shape index (κ2) is 23.4. The van der Waals surface area contributed by atoms with Crippen LogP contribution in [0.2, 0.25) is 13.1 Å². The number of aromatic nitrogens is 2. The van der Waals surface area contributed by atoms with Crippen LogP contribution in [-0.4, -0.2) is 28.9 Å². The van der Waals surface area contributed by atoms with Gasteiger partial charge in [-0.3, -0.25) is 4.79 Å². The van der Waals surface area contributed by atoms with Crippen molar-refractivity contribution in [2.45, 2.75) is 121 Å². The van der Waals surface area contributed by atoms with Gasteiger partial charge in [0.1, 0.15) is 13.8 Å². The molecule has 4 nitrogen and oxygen atoms in total. The zero-order valence-corrected chi connectivity index (χ0v) is 44.5. The van der Waals surface area contributed by atoms with Crippen LogP contribution in [0.5, 0.6) is 0 Å². The maximum atomic E-state index is 11.9. The largest absolute Gasteiger partial charge is 0.512 e. The zero-order valence-electron chi connectivity index (χ0n) is 41.1. The van der Waals surface area contributed by atoms with Gasteiger partial charge in [0.2, 0.25) is 0 Å². The fraction of sp³-hybridized carbons (Fsp3) is 0.339. The number of rotatable bonds is 12. The van der Waals surface area contributed by atoms with Gasteiger partial charge >= 0.3 is 0 Å². The molecule has 0 atom stereocenters. The van der Waals surface area contributed by atoms with E-state index in [1.54, 1.807) is 0 Å². The second-order valence-corrected chi connectivity index (χ2v) is 23.0. The molecule has 7 rings (SSSR count). The van der Waals surface area contributed by atoms with Gasteiger partial charge in [0.05, 0.1) is 0 Å². The van der Waals surface area contributed by atoms with E-state index < -0.39 is 8.07 Å². The minimum atomic E-state index is -1.72. The van der Waals surface area contributed by atoms with E-state index in [1.165, 1.54) is 54.7 Å². The van der Waals surface area contributed by atoms with E-state index in [4.69, 9.17) is 0 Å². The topological polar surface area (TPSA) is 63.1 Å². The zero-order chi connectivity index (χ0) is 46.8. The van der Waals surface area contributed by atoms with Crippen molar-refractivity contribution in [1.82, 2.24) is 9.97 Å². The van der Waals surface area contributed by atoms with E-state index in [2.05, 4.69) is 180 Å². The number of aryl methyl sites for hydroxylation is 4. The molecule has 5 aromatic carbocycles. The predicted octanol–water partition coefficient (Wildman–Crippen LogP) is 14.8. The molecular weight excluding hydrogens is 989 g/mol. The number of aliphatic hydroxyl groups excluding tert-OH is 1. The standard InChI is InChI=1S/C25H24NSi.C20H20N.C14H26O2.Ir/c1-18-14-19(2)16-21(15-18)25-24-11-10-23(17-20(24)12-13-26-25)27(3,4)22-8-6-5-7-9-22;1-13(2)16-5-6-19-17(12-16)7-8-21-20(19)18-10-14(3)9-15(4)11-18;1-6-11(7-2)12(15)10-13(16)14(5,8-3)9-4;/h5-15,17H,1-4H3;5-10,12-13H,1-4H3;10-11,16H,6-9H2,1-5H3;/q2*-1;;/b;;13-10-;. The van der Waals surface area contributed by atoms with Crippen molar-refractivity contribution in [3.05, 3.63) is 167 Å². The monoisotopic (exact) mass is 1060 g/mol. The summed E-state index contributed by atoms with van der Waals surface area (Å²) in [5.74, 6) is 0.906. The summed E-state index contributed by atoms with van der Waals surface area (Å²) in [7, 11) is -1.72. The van der Waals surface area contributed by atoms with Crippen molar-refractivity contribution in [2.75, 3.05) is 0 Å². The van der Waals surface area contributed by atoms with Crippen molar-refractivity contribution in [1.29, 1.82) is 0 Å². The van der Waals surface area contributed by atoms with Gasteiger partial charge in [-0.2, -0.15) is 0 Å². The number of nitrogens with zero attached hydrogens (tertiary/aromatic N) is 2. The minimum absolute atomic E-state index is 0. The molecule has 0 bridgehead atoms. The third-order valence-electron chi connectivity index (χ3n) is 13.1. The van der Waals surface area contributed by atoms with E-state index in [1.807, 2.05) is 47.0 Å². The molecule has 1 radical (unpaired) electrons. The Morgan fingerprint density at radius 3 is 1.63 bits per heavy atom. The molecule has 6 heteroatoms. The molecule has 2 heterocycles. The normalized spacial score (nSPS) is 11.8. The smallest absolute Gasteiger partial charge is 0.162 e. The van der Waals surface area contributed by atoms with E-state index in [9.17, 15) is 9.90 Å². The number of ketones is 1. The molecule has 0 fully saturated rings. The number of hydrogen-bond acceptors (Lipinski definition) is 4. The van der Waals surface area contributed by atoms with Gasteiger partial charge in [0.15, 0.2) is 5.78 Å². The number of hydrogen-bond donors (Lipinski definition) is 1. The van der Waals surface area contributed by atoms with E-state index in [0.717, 1.165) is 59.3 Å². The summed E-state index contributed by atoms with van der Waals surface area (Å²) in [6.07, 6.45) is 8.65. The molecule has 0 amide bonds. The molecular formula is C59H70IrN2O2Si-2. The van der Waals surface area contributed by atoms with Gasteiger partial charge in [0.25, 0.3) is 0 Å². The molecule has 2 aromatic heterocycles. The first-order chi connectivity index (χ1) is 30.4. The van der Waals surface area contributed by atoms with Gasteiger partial charge in [-0.1, -0.05) is 166 Å². The average Bonchev–Trinajstić information content (AvgIpc) is 3.28. The molecule has 343 valence electrons. The molecule has 0 spiro atoms. The van der Waals surface area contributed by atoms with Crippen molar-refractivity contribution < 1.29 is 30.0 Å². The average molecular weight is 1060 g/mol. The van der Waals surface area contributed by atoms with Crippen LogP contribution in [0.15, 0.2) is 127 Å². The Morgan fingerprint density at radius 1 is 0.677 bits per heavy atom. The number of fused-ring (bicyclic) bond motifs is 2. The Hall–Kier alpha value is -5.00.